The SMILES string of the molecule is CCCCCCC#CC1=C(C=C=C(C(C)(C)Cl)[Si](C)(C)C)CCC1. The topological polar surface area (TPSA) is 0 Å². The summed E-state index contributed by atoms with van der Waals surface area (Å²) >= 11 is 6.62. The summed E-state index contributed by atoms with van der Waals surface area (Å²) in [5.74, 6) is 6.82. The Morgan fingerprint density at radius 3 is 2.46 bits per heavy atom. The second-order valence-electron chi connectivity index (χ2n) is 8.36. The van der Waals surface area contributed by atoms with E-state index in [4.69, 9.17) is 11.6 Å². The number of hydrogen-bond acceptors (Lipinski definition) is 0. The quantitative estimate of drug-likeness (QED) is 0.145. The molecule has 0 aromatic rings. The maximum absolute atomic E-state index is 6.62. The highest BCUT2D eigenvalue weighted by Crippen LogP contribution is 2.32. The third kappa shape index (κ3) is 7.48. The Hall–Kier alpha value is -0.673. The van der Waals surface area contributed by atoms with Crippen molar-refractivity contribution in [3.63, 3.8) is 0 Å². The lowest BCUT2D eigenvalue weighted by Gasteiger charge is -2.28. The summed E-state index contributed by atoms with van der Waals surface area (Å²) in [6.45, 7) is 13.4. The molecule has 0 spiro atoms. The van der Waals surface area contributed by atoms with Crippen LogP contribution in [-0.4, -0.2) is 12.9 Å². The highest BCUT2D eigenvalue weighted by atomic mass is 35.5. The van der Waals surface area contributed by atoms with E-state index in [0.717, 1.165) is 19.3 Å². The van der Waals surface area contributed by atoms with Gasteiger partial charge in [0.25, 0.3) is 0 Å². The molecule has 0 aliphatic heterocycles. The summed E-state index contributed by atoms with van der Waals surface area (Å²) in [6, 6.07) is 0. The van der Waals surface area contributed by atoms with Gasteiger partial charge in [0, 0.05) is 12.0 Å². The van der Waals surface area contributed by atoms with Crippen LogP contribution < -0.4 is 0 Å². The van der Waals surface area contributed by atoms with E-state index in [-0.39, 0.29) is 4.87 Å². The van der Waals surface area contributed by atoms with Crippen LogP contribution in [0.4, 0.5) is 0 Å². The summed E-state index contributed by atoms with van der Waals surface area (Å²) in [7, 11) is -1.48. The Bertz CT molecular complexity index is 548. The van der Waals surface area contributed by atoms with E-state index >= 15 is 0 Å². The second-order valence-corrected chi connectivity index (χ2v) is 14.3. The summed E-state index contributed by atoms with van der Waals surface area (Å²) in [6.07, 6.45) is 11.9. The molecule has 0 saturated carbocycles. The van der Waals surface area contributed by atoms with Crippen LogP contribution in [0.1, 0.15) is 72.1 Å². The molecule has 0 atom stereocenters. The molecular formula is C22H35ClSi. The molecule has 0 unspecified atom stereocenters. The maximum Gasteiger partial charge on any atom is 0.0846 e. The smallest absolute Gasteiger partial charge is 0.0846 e. The summed E-state index contributed by atoms with van der Waals surface area (Å²) in [5.41, 5.74) is 6.30. The van der Waals surface area contributed by atoms with Gasteiger partial charge in [-0.25, -0.2) is 0 Å². The fraction of sp³-hybridized carbons (Fsp3) is 0.682. The van der Waals surface area contributed by atoms with Crippen molar-refractivity contribution in [2.75, 3.05) is 0 Å². The lowest BCUT2D eigenvalue weighted by Crippen LogP contribution is -2.34. The first-order valence-corrected chi connectivity index (χ1v) is 13.4. The van der Waals surface area contributed by atoms with Crippen molar-refractivity contribution in [3.8, 4) is 11.8 Å². The second kappa shape index (κ2) is 9.72. The number of hydrogen-bond donors (Lipinski definition) is 0. The molecule has 0 aromatic heterocycles. The molecule has 0 amide bonds. The van der Waals surface area contributed by atoms with Gasteiger partial charge in [-0.1, -0.05) is 57.7 Å². The van der Waals surface area contributed by atoms with E-state index in [9.17, 15) is 0 Å². The minimum atomic E-state index is -1.48. The molecule has 0 heterocycles. The minimum Gasteiger partial charge on any atom is -0.124 e. The van der Waals surface area contributed by atoms with Gasteiger partial charge in [-0.15, -0.1) is 17.3 Å². The molecule has 24 heavy (non-hydrogen) atoms. The number of unbranched alkanes of at least 4 members (excludes halogenated alkanes) is 4. The first kappa shape index (κ1) is 21.4. The van der Waals surface area contributed by atoms with E-state index in [1.165, 1.54) is 48.4 Å². The average molecular weight is 363 g/mol. The third-order valence-corrected chi connectivity index (χ3v) is 7.01. The van der Waals surface area contributed by atoms with E-state index < -0.39 is 8.07 Å². The molecule has 0 nitrogen and oxygen atoms in total. The van der Waals surface area contributed by atoms with Crippen LogP contribution in [0.2, 0.25) is 19.6 Å². The predicted molar refractivity (Wildman–Crippen MR) is 112 cm³/mol. The Kier molecular flexibility index (Phi) is 8.65. The first-order valence-electron chi connectivity index (χ1n) is 9.53. The van der Waals surface area contributed by atoms with Gasteiger partial charge < -0.3 is 0 Å². The standard InChI is InChI=1S/C22H35ClSi/c1-7-8-9-10-11-12-14-19-15-13-16-20(19)17-18-21(22(2,3)23)24(4,5)6/h17H,7-11,13,15-16H2,1-6H3. The molecule has 0 saturated heterocycles. The maximum atomic E-state index is 6.62. The van der Waals surface area contributed by atoms with Gasteiger partial charge in [-0.05, 0) is 56.4 Å². The molecule has 2 heteroatoms. The van der Waals surface area contributed by atoms with Gasteiger partial charge in [-0.3, -0.25) is 0 Å². The zero-order valence-corrected chi connectivity index (χ0v) is 18.4. The van der Waals surface area contributed by atoms with E-state index in [2.05, 4.69) is 64.1 Å². The fourth-order valence-corrected chi connectivity index (χ4v) is 6.51. The van der Waals surface area contributed by atoms with Crippen LogP contribution in [0.15, 0.2) is 28.1 Å². The van der Waals surface area contributed by atoms with Crippen molar-refractivity contribution in [1.29, 1.82) is 0 Å². The van der Waals surface area contributed by atoms with Crippen molar-refractivity contribution in [2.24, 2.45) is 0 Å². The zero-order chi connectivity index (χ0) is 18.2. The highest BCUT2D eigenvalue weighted by Gasteiger charge is 2.31. The van der Waals surface area contributed by atoms with Gasteiger partial charge in [0.05, 0.1) is 12.9 Å². The Morgan fingerprint density at radius 1 is 1.17 bits per heavy atom. The summed E-state index contributed by atoms with van der Waals surface area (Å²) in [5, 5.41) is 1.29. The molecule has 134 valence electrons. The normalized spacial score (nSPS) is 15.0. The van der Waals surface area contributed by atoms with Gasteiger partial charge in [-0.2, -0.15) is 0 Å². The molecule has 0 radical (unpaired) electrons. The van der Waals surface area contributed by atoms with E-state index in [0.29, 0.717) is 0 Å². The predicted octanol–water partition coefficient (Wildman–Crippen LogP) is 7.42. The van der Waals surface area contributed by atoms with Gasteiger partial charge in [0.2, 0.25) is 0 Å². The molecule has 1 aliphatic carbocycles. The molecular weight excluding hydrogens is 328 g/mol. The molecule has 0 N–H and O–H groups in total. The van der Waals surface area contributed by atoms with E-state index in [1.54, 1.807) is 0 Å². The third-order valence-electron chi connectivity index (χ3n) is 4.39. The van der Waals surface area contributed by atoms with Crippen molar-refractivity contribution in [3.05, 3.63) is 28.1 Å². The lowest BCUT2D eigenvalue weighted by atomic mass is 10.1. The number of alkyl halides is 1. The average Bonchev–Trinajstić information content (AvgIpc) is 2.87. The monoisotopic (exact) mass is 362 g/mol. The van der Waals surface area contributed by atoms with Crippen LogP contribution in [0.3, 0.4) is 0 Å². The van der Waals surface area contributed by atoms with Gasteiger partial charge in [0.15, 0.2) is 0 Å². The van der Waals surface area contributed by atoms with Crippen LogP contribution in [-0.2, 0) is 0 Å². The summed E-state index contributed by atoms with van der Waals surface area (Å²) in [4.78, 5) is -0.314. The van der Waals surface area contributed by atoms with E-state index in [1.807, 2.05) is 0 Å². The summed E-state index contributed by atoms with van der Waals surface area (Å²) < 4.78 is 0. The van der Waals surface area contributed by atoms with Crippen LogP contribution >= 0.6 is 11.6 Å². The van der Waals surface area contributed by atoms with Crippen LogP contribution in [0, 0.1) is 11.8 Å². The van der Waals surface area contributed by atoms with Crippen molar-refractivity contribution in [2.45, 2.75) is 96.7 Å². The van der Waals surface area contributed by atoms with Gasteiger partial charge >= 0.3 is 0 Å². The zero-order valence-electron chi connectivity index (χ0n) is 16.6. The Morgan fingerprint density at radius 2 is 1.88 bits per heavy atom. The first-order chi connectivity index (χ1) is 11.2. The lowest BCUT2D eigenvalue weighted by molar-refractivity contribution is 0.679. The fourth-order valence-electron chi connectivity index (χ4n) is 3.32. The molecule has 1 rings (SSSR count). The number of halogens is 1. The molecule has 0 aromatic carbocycles. The molecule has 0 fully saturated rings. The molecule has 1 aliphatic rings. The Labute approximate surface area is 156 Å². The number of allylic oxidation sites excluding steroid dienone is 3. The number of rotatable bonds is 7. The Balaban J connectivity index is 2.93. The van der Waals surface area contributed by atoms with Crippen molar-refractivity contribution in [1.82, 2.24) is 0 Å². The largest absolute Gasteiger partial charge is 0.124 e. The van der Waals surface area contributed by atoms with Gasteiger partial charge in [0.1, 0.15) is 0 Å². The van der Waals surface area contributed by atoms with Crippen LogP contribution in [0.25, 0.3) is 0 Å². The minimum absolute atomic E-state index is 0.314. The highest BCUT2D eigenvalue weighted by molar-refractivity contribution is 6.84. The van der Waals surface area contributed by atoms with Crippen molar-refractivity contribution < 1.29 is 0 Å². The van der Waals surface area contributed by atoms with Crippen LogP contribution in [0.5, 0.6) is 0 Å². The van der Waals surface area contributed by atoms with Crippen molar-refractivity contribution >= 4 is 19.7 Å². The molecule has 0 bridgehead atoms.